The van der Waals surface area contributed by atoms with Crippen molar-refractivity contribution in [1.29, 1.82) is 0 Å². The fourth-order valence-electron chi connectivity index (χ4n) is 0. The Balaban J connectivity index is -0.0000000105. The zero-order valence-electron chi connectivity index (χ0n) is 6.58. The van der Waals surface area contributed by atoms with Crippen LogP contribution in [0.3, 0.4) is 0 Å². The number of halogens is 3. The molecule has 0 heterocycles. The largest absolute Gasteiger partial charge is 0 e. The summed E-state index contributed by atoms with van der Waals surface area (Å²) in [7, 11) is -4.38. The molecule has 0 fully saturated rings. The smallest absolute Gasteiger partial charge is 0 e. The molecule has 0 radical (unpaired) electrons. The minimum Gasteiger partial charge on any atom is 0 e. The number of hydrogen-bond acceptors (Lipinski definition) is 0. The summed E-state index contributed by atoms with van der Waals surface area (Å²) in [5.41, 5.74) is 0. The van der Waals surface area contributed by atoms with E-state index in [9.17, 15) is 12.6 Å². The topological polar surface area (TPSA) is 99.5 Å². The van der Waals surface area contributed by atoms with Crippen LogP contribution in [-0.4, -0.2) is 0 Å². The molecule has 0 aromatic heterocycles. The second kappa shape index (κ2) is 318. The van der Waals surface area contributed by atoms with Crippen molar-refractivity contribution in [3.8, 4) is 0 Å². The molecule has 10 heteroatoms. The van der Waals surface area contributed by atoms with Crippen molar-refractivity contribution in [2.45, 2.75) is 0 Å². The summed E-state index contributed by atoms with van der Waals surface area (Å²) in [6.07, 6.45) is 0. The maximum Gasteiger partial charge on any atom is 0 e. The van der Waals surface area contributed by atoms with Crippen LogP contribution in [0.2, 0.25) is 0 Å². The molecule has 5 nitrogen and oxygen atoms in total. The van der Waals surface area contributed by atoms with Gasteiger partial charge in [-0.15, -0.1) is 0 Å². The maximum absolute atomic E-state index is 9.77. The molecule has 0 saturated carbocycles. The van der Waals surface area contributed by atoms with E-state index in [-0.39, 0.29) is 21.1 Å². The predicted molar refractivity (Wildman–Crippen MR) is 31.3 cm³/mol. The summed E-state index contributed by atoms with van der Waals surface area (Å²) in [5, 5.41) is 0. The van der Waals surface area contributed by atoms with Crippen LogP contribution in [0.25, 0.3) is 0 Å². The van der Waals surface area contributed by atoms with Gasteiger partial charge in [0.05, 0.1) is 0 Å². The van der Waals surface area contributed by atoms with Gasteiger partial charge in [0.2, 0.25) is 0 Å². The molecule has 0 aromatic carbocycles. The van der Waals surface area contributed by atoms with E-state index in [0.717, 1.165) is 0 Å². The molecule has 0 unspecified atom stereocenters. The van der Waals surface area contributed by atoms with Crippen LogP contribution in [0.4, 0.5) is 12.6 Å². The second-order valence-electron chi connectivity index (χ2n) is 0.214. The molecule has 0 saturated heterocycles. The van der Waals surface area contributed by atoms with Crippen LogP contribution in [-0.2, 0) is 44.3 Å². The zero-order valence-corrected chi connectivity index (χ0v) is 9.59. The summed E-state index contributed by atoms with van der Waals surface area (Å²) in [5.74, 6) is 0. The van der Waals surface area contributed by atoms with E-state index in [1.165, 1.54) is 0 Å². The summed E-state index contributed by atoms with van der Waals surface area (Å²) >= 11 is 0. The second-order valence-corrected chi connectivity index (χ2v) is 0.643. The van der Waals surface area contributed by atoms with Gasteiger partial charge in [-0.2, -0.15) is 0 Å². The third-order valence-electron chi connectivity index (χ3n) is 0. The monoisotopic (exact) mass is 327 g/mol. The Kier molecular flexibility index (Phi) is 991. The molecule has 0 aromatic rings. The molecule has 0 aliphatic carbocycles. The van der Waals surface area contributed by atoms with Gasteiger partial charge >= 0.3 is 65.4 Å². The van der Waals surface area contributed by atoms with Gasteiger partial charge in [-0.25, -0.2) is 0 Å². The van der Waals surface area contributed by atoms with Crippen molar-refractivity contribution in [3.63, 3.8) is 0 Å². The number of hydrogen-bond donors (Lipinski definition) is 0. The first-order valence-electron chi connectivity index (χ1n) is 1.59. The fourth-order valence-corrected chi connectivity index (χ4v) is 0. The fraction of sp³-hybridized carbons (Fsp3) is 0. The Hall–Kier alpha value is -0.392. The van der Waals surface area contributed by atoms with E-state index in [1.807, 2.05) is 0 Å². The maximum atomic E-state index is 9.77. The molecule has 15 heavy (non-hydrogen) atoms. The predicted octanol–water partition coefficient (Wildman–Crippen LogP) is 1.66. The van der Waals surface area contributed by atoms with Gasteiger partial charge < -0.3 is 0 Å². The third-order valence-corrected chi connectivity index (χ3v) is 0. The van der Waals surface area contributed by atoms with Crippen molar-refractivity contribution < 1.29 is 56.9 Å². The first kappa shape index (κ1) is 46.7. The Morgan fingerprint density at radius 2 is 0.533 bits per heavy atom. The minimum atomic E-state index is -4.38. The van der Waals surface area contributed by atoms with Crippen molar-refractivity contribution in [1.82, 2.24) is 0 Å². The molecule has 0 N–H and O–H groups in total. The van der Waals surface area contributed by atoms with Crippen molar-refractivity contribution in [2.75, 3.05) is 0 Å². The van der Waals surface area contributed by atoms with Gasteiger partial charge in [0, 0.05) is 33.7 Å². The van der Waals surface area contributed by atoms with E-state index in [0.29, 0.717) is 0 Å². The van der Waals surface area contributed by atoms with E-state index < -0.39 is 8.85 Å². The summed E-state index contributed by atoms with van der Waals surface area (Å²) in [6.45, 7) is 22.5. The van der Waals surface area contributed by atoms with Crippen molar-refractivity contribution >= 4 is 8.85 Å². The van der Waals surface area contributed by atoms with Gasteiger partial charge in [-0.1, -0.05) is 0 Å². The Labute approximate surface area is 99.4 Å². The molecular weight excluding hydrogens is 324 g/mol. The van der Waals surface area contributed by atoms with Crippen LogP contribution < -0.4 is 0 Å². The molecule has 0 rings (SSSR count). The molecule has 0 spiro atoms. The average Bonchev–Trinajstić information content (AvgIpc) is 2.30. The molecule has 82 valence electrons. The van der Waals surface area contributed by atoms with Gasteiger partial charge in [-0.05, 0) is 0 Å². The minimum absolute atomic E-state index is 0. The normalized spacial score (nSPS) is 3.07. The van der Waals surface area contributed by atoms with Gasteiger partial charge in [0.1, 0.15) is 0 Å². The summed E-state index contributed by atoms with van der Waals surface area (Å²) in [4.78, 5) is 0. The molecular formula is C5HF3MoO5P+. The van der Waals surface area contributed by atoms with Crippen LogP contribution in [0.15, 0.2) is 0 Å². The van der Waals surface area contributed by atoms with Gasteiger partial charge in [0.15, 0.2) is 0 Å². The Morgan fingerprint density at radius 1 is 0.533 bits per heavy atom. The summed E-state index contributed by atoms with van der Waals surface area (Å²) in [6, 6.07) is 0. The average molecular weight is 325 g/mol. The third kappa shape index (κ3) is 12000. The van der Waals surface area contributed by atoms with Crippen LogP contribution in [0.5, 0.6) is 0 Å². The SMILES string of the molecule is F[PH+](F)F.[C-]#[O+].[C-]#[O+].[C-]#[O+].[C-]#[O+].[C-]#[O+].[Mo]. The van der Waals surface area contributed by atoms with E-state index in [1.54, 1.807) is 0 Å². The van der Waals surface area contributed by atoms with Gasteiger partial charge in [-0.3, -0.25) is 0 Å². The summed E-state index contributed by atoms with van der Waals surface area (Å²) < 4.78 is 66.8. The van der Waals surface area contributed by atoms with Crippen LogP contribution in [0, 0.1) is 33.3 Å². The van der Waals surface area contributed by atoms with Crippen molar-refractivity contribution in [3.05, 3.63) is 33.3 Å². The van der Waals surface area contributed by atoms with Crippen LogP contribution in [0.1, 0.15) is 0 Å². The van der Waals surface area contributed by atoms with E-state index >= 15 is 0 Å². The number of rotatable bonds is 0. The molecule has 0 aliphatic rings. The first-order chi connectivity index (χ1) is 6.73. The molecule has 0 aliphatic heterocycles. The zero-order chi connectivity index (χ0) is 13.6. The Bertz CT molecular complexity index is 117. The van der Waals surface area contributed by atoms with Gasteiger partial charge in [0.25, 0.3) is 0 Å². The Morgan fingerprint density at radius 3 is 0.533 bits per heavy atom. The van der Waals surface area contributed by atoms with Crippen LogP contribution >= 0.6 is 8.85 Å². The quantitative estimate of drug-likeness (QED) is 0.280. The van der Waals surface area contributed by atoms with E-state index in [2.05, 4.69) is 33.3 Å². The van der Waals surface area contributed by atoms with E-state index in [4.69, 9.17) is 23.3 Å². The molecule has 0 atom stereocenters. The standard InChI is InChI=1S/5CO.F3HP.Mo/c5*1-2;1-4(2)3;/h;;;;;4H;/q;;;;;+1;. The first-order valence-corrected chi connectivity index (χ1v) is 2.72. The molecule has 0 bridgehead atoms. The van der Waals surface area contributed by atoms with Crippen molar-refractivity contribution in [2.24, 2.45) is 0 Å². The molecule has 0 amide bonds.